The molecule has 0 aliphatic carbocycles. The van der Waals surface area contributed by atoms with Crippen LogP contribution in [0.15, 0.2) is 109 Å². The van der Waals surface area contributed by atoms with Crippen LogP contribution >= 0.6 is 0 Å². The van der Waals surface area contributed by atoms with E-state index in [4.69, 9.17) is 18.9 Å². The Hall–Kier alpha value is -4.05. The van der Waals surface area contributed by atoms with E-state index in [2.05, 4.69) is 123 Å². The van der Waals surface area contributed by atoms with Crippen molar-refractivity contribution in [3.63, 3.8) is 0 Å². The van der Waals surface area contributed by atoms with E-state index in [0.717, 1.165) is 122 Å². The number of carbonyl (C=O) groups is 3. The van der Waals surface area contributed by atoms with E-state index in [0.29, 0.717) is 17.4 Å². The molecule has 0 rings (SSSR count). The van der Waals surface area contributed by atoms with Crippen molar-refractivity contribution in [2.45, 2.75) is 206 Å². The topological polar surface area (TPSA) is 111 Å². The van der Waals surface area contributed by atoms with Gasteiger partial charge in [-0.1, -0.05) is 194 Å². The number of hydrogen-bond acceptors (Lipinski definition) is 8. The first-order valence-electron chi connectivity index (χ1n) is 27.0. The normalized spacial score (nSPS) is 13.7. The van der Waals surface area contributed by atoms with Crippen LogP contribution < -0.4 is 5.11 Å². The minimum Gasteiger partial charge on any atom is -0.545 e. The summed E-state index contributed by atoms with van der Waals surface area (Å²) in [5, 5.41) is 11.7. The highest BCUT2D eigenvalue weighted by Crippen LogP contribution is 2.14. The van der Waals surface area contributed by atoms with Gasteiger partial charge in [-0.3, -0.25) is 9.59 Å². The first kappa shape index (κ1) is 65.0. The molecule has 0 aromatic rings. The molecule has 0 spiro atoms. The molecule has 0 aliphatic heterocycles. The van der Waals surface area contributed by atoms with Gasteiger partial charge >= 0.3 is 11.9 Å². The summed E-state index contributed by atoms with van der Waals surface area (Å²) >= 11 is 0. The Morgan fingerprint density at radius 1 is 0.449 bits per heavy atom. The van der Waals surface area contributed by atoms with Crippen molar-refractivity contribution in [3.05, 3.63) is 109 Å². The Balaban J connectivity index is 4.23. The molecule has 392 valence electrons. The van der Waals surface area contributed by atoms with Gasteiger partial charge in [-0.05, 0) is 96.3 Å². The van der Waals surface area contributed by atoms with Crippen LogP contribution in [0.25, 0.3) is 0 Å². The van der Waals surface area contributed by atoms with Crippen LogP contribution in [0, 0.1) is 0 Å². The van der Waals surface area contributed by atoms with Crippen molar-refractivity contribution >= 4 is 17.9 Å². The highest BCUT2D eigenvalue weighted by molar-refractivity contribution is 5.70. The lowest BCUT2D eigenvalue weighted by atomic mass is 10.1. The lowest BCUT2D eigenvalue weighted by molar-refractivity contribution is -0.870. The second-order valence-electron chi connectivity index (χ2n) is 18.8. The third-order valence-electron chi connectivity index (χ3n) is 11.0. The summed E-state index contributed by atoms with van der Waals surface area (Å²) in [5.74, 6) is -2.32. The highest BCUT2D eigenvalue weighted by Gasteiger charge is 2.22. The van der Waals surface area contributed by atoms with Crippen LogP contribution in [0.1, 0.15) is 194 Å². The van der Waals surface area contributed by atoms with E-state index in [1.807, 2.05) is 21.1 Å². The predicted molar refractivity (Wildman–Crippen MR) is 287 cm³/mol. The number of ether oxygens (including phenoxy) is 4. The molecule has 9 nitrogen and oxygen atoms in total. The molecule has 0 N–H and O–H groups in total. The molecule has 0 bridgehead atoms. The first-order chi connectivity index (χ1) is 33.6. The number of carbonyl (C=O) groups excluding carboxylic acids is 3. The Morgan fingerprint density at radius 2 is 0.826 bits per heavy atom. The van der Waals surface area contributed by atoms with Crippen molar-refractivity contribution in [2.75, 3.05) is 47.5 Å². The average molecular weight is 962 g/mol. The van der Waals surface area contributed by atoms with Crippen LogP contribution in [-0.4, -0.2) is 82.3 Å². The van der Waals surface area contributed by atoms with Crippen LogP contribution in [0.3, 0.4) is 0 Å². The largest absolute Gasteiger partial charge is 0.545 e. The zero-order valence-electron chi connectivity index (χ0n) is 44.4. The third kappa shape index (κ3) is 51.6. The number of nitrogens with zero attached hydrogens (tertiary/aromatic N) is 1. The Labute approximate surface area is 422 Å². The van der Waals surface area contributed by atoms with Crippen molar-refractivity contribution < 1.29 is 42.9 Å². The van der Waals surface area contributed by atoms with Crippen LogP contribution in [0.4, 0.5) is 0 Å². The molecule has 0 amide bonds. The molecule has 2 unspecified atom stereocenters. The quantitative estimate of drug-likeness (QED) is 0.0195. The number of rotatable bonds is 48. The maximum atomic E-state index is 12.8. The fourth-order valence-electron chi connectivity index (χ4n) is 6.82. The fourth-order valence-corrected chi connectivity index (χ4v) is 6.82. The molecule has 0 saturated heterocycles. The highest BCUT2D eigenvalue weighted by atomic mass is 16.7. The van der Waals surface area contributed by atoms with Gasteiger partial charge in [0.1, 0.15) is 13.2 Å². The van der Waals surface area contributed by atoms with Crippen LogP contribution in [0.5, 0.6) is 0 Å². The van der Waals surface area contributed by atoms with Gasteiger partial charge in [-0.25, -0.2) is 0 Å². The number of quaternary nitrogens is 1. The van der Waals surface area contributed by atoms with E-state index < -0.39 is 24.3 Å². The molecule has 0 radical (unpaired) electrons. The van der Waals surface area contributed by atoms with Crippen LogP contribution in [0.2, 0.25) is 0 Å². The summed E-state index contributed by atoms with van der Waals surface area (Å²) < 4.78 is 22.6. The molecule has 9 heteroatoms. The number of carboxylic acid groups (broad SMARTS) is 1. The number of aliphatic carboxylic acids is 1. The van der Waals surface area contributed by atoms with Gasteiger partial charge in [0.2, 0.25) is 0 Å². The van der Waals surface area contributed by atoms with Gasteiger partial charge < -0.3 is 33.3 Å². The minimum absolute atomic E-state index is 0.139. The number of esters is 2. The molecular formula is C60H99NO8. The Bertz CT molecular complexity index is 1490. The maximum absolute atomic E-state index is 12.8. The zero-order chi connectivity index (χ0) is 50.6. The van der Waals surface area contributed by atoms with Crippen LogP contribution in [-0.2, 0) is 33.3 Å². The summed E-state index contributed by atoms with van der Waals surface area (Å²) in [6, 6.07) is 0. The lowest BCUT2D eigenvalue weighted by Crippen LogP contribution is -2.44. The van der Waals surface area contributed by atoms with Crippen molar-refractivity contribution in [3.8, 4) is 0 Å². The lowest BCUT2D eigenvalue weighted by Gasteiger charge is -2.26. The van der Waals surface area contributed by atoms with Gasteiger partial charge in [0.25, 0.3) is 0 Å². The average Bonchev–Trinajstić information content (AvgIpc) is 3.31. The molecule has 69 heavy (non-hydrogen) atoms. The molecular weight excluding hydrogens is 863 g/mol. The van der Waals surface area contributed by atoms with E-state index in [-0.39, 0.29) is 38.6 Å². The predicted octanol–water partition coefficient (Wildman–Crippen LogP) is 14.2. The third-order valence-corrected chi connectivity index (χ3v) is 11.0. The van der Waals surface area contributed by atoms with Crippen molar-refractivity contribution in [2.24, 2.45) is 0 Å². The Kier molecular flexibility index (Phi) is 47.4. The molecule has 0 fully saturated rings. The number of carboxylic acids is 1. The summed E-state index contributed by atoms with van der Waals surface area (Å²) in [5.41, 5.74) is 0. The second-order valence-corrected chi connectivity index (χ2v) is 18.8. The van der Waals surface area contributed by atoms with Gasteiger partial charge in [0.15, 0.2) is 12.4 Å². The number of hydrogen-bond donors (Lipinski definition) is 0. The van der Waals surface area contributed by atoms with Gasteiger partial charge in [-0.15, -0.1) is 0 Å². The number of allylic oxidation sites excluding steroid dienone is 18. The SMILES string of the molecule is CC/C=C\C/C=C\C/C=C\C/C=C\C/C=C\C/C=C\C/C=C\C/C=C\CCCCCCCCCCC(=O)OC(COC(=O)CCCCCCC/C=C\CCCC)COC(OCC[N+](C)(C)C)C(=O)[O-]. The van der Waals surface area contributed by atoms with E-state index >= 15 is 0 Å². The van der Waals surface area contributed by atoms with Gasteiger partial charge in [0.05, 0.1) is 40.3 Å². The maximum Gasteiger partial charge on any atom is 0.306 e. The van der Waals surface area contributed by atoms with E-state index in [1.54, 1.807) is 0 Å². The Morgan fingerprint density at radius 3 is 1.25 bits per heavy atom. The number of unbranched alkanes of at least 4 members (excludes halogenated alkanes) is 15. The fraction of sp³-hybridized carbons (Fsp3) is 0.650. The summed E-state index contributed by atoms with van der Waals surface area (Å²) in [4.78, 5) is 37.1. The summed E-state index contributed by atoms with van der Waals surface area (Å²) in [6.45, 7) is 4.54. The van der Waals surface area contributed by atoms with Gasteiger partial charge in [-0.2, -0.15) is 0 Å². The molecule has 0 aliphatic rings. The molecule has 2 atom stereocenters. The molecule has 0 saturated carbocycles. The standard InChI is InChI=1S/C60H99NO8/c1-6-8-10-12-14-16-18-19-20-21-22-23-24-25-26-27-28-29-30-31-32-33-34-35-36-37-38-39-41-43-45-47-49-51-58(63)69-56(55-68-60(59(64)65)66-53-52-61(3,4)5)54-67-57(62)50-48-46-44-42-40-17-15-13-11-9-7-2/h8,10,13-16,19-20,22-23,25-26,28-29,31-32,34-35,56,60H,6-7,9,11-12,17-18,21,24,27,30,33,36-55H2,1-5H3/b10-8-,15-13-,16-14-,20-19-,23-22-,26-25-,29-28-,32-31-,35-34-. The zero-order valence-corrected chi connectivity index (χ0v) is 44.4. The second kappa shape index (κ2) is 50.3. The summed E-state index contributed by atoms with van der Waals surface area (Å²) in [7, 11) is 5.90. The van der Waals surface area contributed by atoms with E-state index in [1.165, 1.54) is 38.5 Å². The van der Waals surface area contributed by atoms with Gasteiger partial charge in [0, 0.05) is 12.8 Å². The van der Waals surface area contributed by atoms with Crippen molar-refractivity contribution in [1.82, 2.24) is 0 Å². The molecule has 0 aromatic heterocycles. The number of likely N-dealkylation sites (N-methyl/N-ethyl adjacent to an activating group) is 1. The molecule has 0 aromatic carbocycles. The first-order valence-corrected chi connectivity index (χ1v) is 27.0. The molecule has 0 heterocycles. The van der Waals surface area contributed by atoms with E-state index in [9.17, 15) is 19.5 Å². The van der Waals surface area contributed by atoms with Crippen molar-refractivity contribution in [1.29, 1.82) is 0 Å². The minimum atomic E-state index is -1.63. The monoisotopic (exact) mass is 962 g/mol. The summed E-state index contributed by atoms with van der Waals surface area (Å²) in [6.07, 6.45) is 65.7. The smallest absolute Gasteiger partial charge is 0.306 e.